The van der Waals surface area contributed by atoms with Gasteiger partial charge in [-0.25, -0.2) is 15.0 Å². The number of fused-ring (bicyclic) bond motifs is 1. The van der Waals surface area contributed by atoms with Crippen molar-refractivity contribution in [2.24, 2.45) is 0 Å². The third-order valence-electron chi connectivity index (χ3n) is 4.59. The predicted octanol–water partition coefficient (Wildman–Crippen LogP) is 3.17. The van der Waals surface area contributed by atoms with E-state index in [2.05, 4.69) is 20.3 Å². The highest BCUT2D eigenvalue weighted by molar-refractivity contribution is 7.09. The Labute approximate surface area is 178 Å². The zero-order chi connectivity index (χ0) is 20.9. The maximum atomic E-state index is 12.7. The van der Waals surface area contributed by atoms with Gasteiger partial charge >= 0.3 is 0 Å². The standard InChI is InChI=1S/C21H24N6O2S/c1-3-29-10-6-8-22-21(28)19-18-7-4-5-9-27(18)20(25-19)17-12-26(14-23-17)11-16-13-30-15(2)24-16/h4-5,7,9,12-14H,3,6,8,10-11H2,1-2H3,(H,22,28). The molecule has 0 saturated heterocycles. The van der Waals surface area contributed by atoms with Crippen molar-refractivity contribution in [3.8, 4) is 11.5 Å². The molecule has 9 heteroatoms. The van der Waals surface area contributed by atoms with E-state index in [1.54, 1.807) is 17.7 Å². The molecule has 0 bridgehead atoms. The summed E-state index contributed by atoms with van der Waals surface area (Å²) >= 11 is 1.63. The lowest BCUT2D eigenvalue weighted by Gasteiger charge is -2.03. The number of imidazole rings is 2. The molecule has 4 aromatic rings. The van der Waals surface area contributed by atoms with E-state index < -0.39 is 0 Å². The van der Waals surface area contributed by atoms with Gasteiger partial charge in [-0.05, 0) is 32.4 Å². The number of thiazole rings is 1. The first kappa shape index (κ1) is 20.2. The lowest BCUT2D eigenvalue weighted by atomic mass is 10.3. The Kier molecular flexibility index (Phi) is 6.20. The third-order valence-corrected chi connectivity index (χ3v) is 5.41. The minimum Gasteiger partial charge on any atom is -0.382 e. The van der Waals surface area contributed by atoms with Crippen LogP contribution in [0, 0.1) is 6.92 Å². The molecular weight excluding hydrogens is 400 g/mol. The quantitative estimate of drug-likeness (QED) is 0.417. The molecule has 0 aliphatic heterocycles. The summed E-state index contributed by atoms with van der Waals surface area (Å²) in [5.41, 5.74) is 2.85. The highest BCUT2D eigenvalue weighted by atomic mass is 32.1. The van der Waals surface area contributed by atoms with Crippen LogP contribution < -0.4 is 5.32 Å². The van der Waals surface area contributed by atoms with E-state index in [-0.39, 0.29) is 5.91 Å². The molecule has 0 radical (unpaired) electrons. The van der Waals surface area contributed by atoms with Gasteiger partial charge in [0.2, 0.25) is 0 Å². The van der Waals surface area contributed by atoms with Gasteiger partial charge in [-0.15, -0.1) is 11.3 Å². The molecule has 0 aliphatic carbocycles. The molecule has 8 nitrogen and oxygen atoms in total. The normalized spacial score (nSPS) is 11.3. The van der Waals surface area contributed by atoms with Crippen LogP contribution in [-0.4, -0.2) is 49.6 Å². The van der Waals surface area contributed by atoms with Gasteiger partial charge < -0.3 is 14.6 Å². The van der Waals surface area contributed by atoms with E-state index in [4.69, 9.17) is 4.74 Å². The molecule has 0 spiro atoms. The second-order valence-corrected chi connectivity index (χ2v) is 7.90. The van der Waals surface area contributed by atoms with Crippen LogP contribution in [0.25, 0.3) is 17.0 Å². The molecule has 30 heavy (non-hydrogen) atoms. The summed E-state index contributed by atoms with van der Waals surface area (Å²) in [5, 5.41) is 6.02. The number of nitrogens with zero attached hydrogens (tertiary/aromatic N) is 5. The molecule has 0 fully saturated rings. The Bertz CT molecular complexity index is 1150. The van der Waals surface area contributed by atoms with E-state index in [0.717, 1.165) is 22.6 Å². The smallest absolute Gasteiger partial charge is 0.272 e. The van der Waals surface area contributed by atoms with Gasteiger partial charge in [-0.2, -0.15) is 0 Å². The van der Waals surface area contributed by atoms with E-state index in [1.807, 2.05) is 58.8 Å². The van der Waals surface area contributed by atoms with Crippen molar-refractivity contribution in [1.82, 2.24) is 29.2 Å². The van der Waals surface area contributed by atoms with Crippen LogP contribution >= 0.6 is 11.3 Å². The van der Waals surface area contributed by atoms with Crippen molar-refractivity contribution in [2.45, 2.75) is 26.8 Å². The maximum absolute atomic E-state index is 12.7. The second-order valence-electron chi connectivity index (χ2n) is 6.84. The van der Waals surface area contributed by atoms with Crippen LogP contribution in [0.2, 0.25) is 0 Å². The van der Waals surface area contributed by atoms with Crippen LogP contribution in [0.1, 0.15) is 34.5 Å². The molecule has 1 N–H and O–H groups in total. The molecule has 0 atom stereocenters. The molecule has 4 rings (SSSR count). The van der Waals surface area contributed by atoms with Crippen molar-refractivity contribution in [3.05, 3.63) is 58.7 Å². The van der Waals surface area contributed by atoms with Gasteiger partial charge in [0, 0.05) is 37.5 Å². The fourth-order valence-electron chi connectivity index (χ4n) is 3.22. The minimum atomic E-state index is -0.196. The lowest BCUT2D eigenvalue weighted by Crippen LogP contribution is -2.25. The molecule has 0 aromatic carbocycles. The van der Waals surface area contributed by atoms with Crippen molar-refractivity contribution in [1.29, 1.82) is 0 Å². The van der Waals surface area contributed by atoms with Crippen molar-refractivity contribution < 1.29 is 9.53 Å². The van der Waals surface area contributed by atoms with E-state index in [9.17, 15) is 4.79 Å². The van der Waals surface area contributed by atoms with Gasteiger partial charge in [0.25, 0.3) is 5.91 Å². The Hall–Kier alpha value is -3.04. The number of ether oxygens (including phenoxy) is 1. The summed E-state index contributed by atoms with van der Waals surface area (Å²) in [4.78, 5) is 26.4. The van der Waals surface area contributed by atoms with Crippen molar-refractivity contribution in [2.75, 3.05) is 19.8 Å². The van der Waals surface area contributed by atoms with E-state index in [1.165, 1.54) is 0 Å². The van der Waals surface area contributed by atoms with E-state index >= 15 is 0 Å². The first-order valence-electron chi connectivity index (χ1n) is 9.92. The highest BCUT2D eigenvalue weighted by Gasteiger charge is 2.19. The molecular formula is C21H24N6O2S. The number of pyridine rings is 1. The first-order valence-corrected chi connectivity index (χ1v) is 10.8. The molecule has 1 amide bonds. The Morgan fingerprint density at radius 2 is 2.20 bits per heavy atom. The van der Waals surface area contributed by atoms with Crippen LogP contribution in [0.3, 0.4) is 0 Å². The zero-order valence-corrected chi connectivity index (χ0v) is 17.9. The van der Waals surface area contributed by atoms with Gasteiger partial charge in [0.05, 0.1) is 29.1 Å². The fraction of sp³-hybridized carbons (Fsp3) is 0.333. The summed E-state index contributed by atoms with van der Waals surface area (Å²) < 4.78 is 9.19. The monoisotopic (exact) mass is 424 g/mol. The Balaban J connectivity index is 1.55. The number of nitrogens with one attached hydrogen (secondary N) is 1. The van der Waals surface area contributed by atoms with Gasteiger partial charge in [0.15, 0.2) is 11.5 Å². The Morgan fingerprint density at radius 3 is 3.00 bits per heavy atom. The maximum Gasteiger partial charge on any atom is 0.272 e. The molecule has 0 unspecified atom stereocenters. The van der Waals surface area contributed by atoms with Crippen LogP contribution in [0.4, 0.5) is 0 Å². The second kappa shape index (κ2) is 9.19. The molecule has 4 heterocycles. The van der Waals surface area contributed by atoms with E-state index in [0.29, 0.717) is 43.5 Å². The summed E-state index contributed by atoms with van der Waals surface area (Å²) in [6.45, 7) is 6.44. The number of rotatable bonds is 9. The van der Waals surface area contributed by atoms with Gasteiger partial charge in [-0.1, -0.05) is 6.07 Å². The molecule has 156 valence electrons. The molecule has 0 saturated carbocycles. The van der Waals surface area contributed by atoms with Crippen molar-refractivity contribution in [3.63, 3.8) is 0 Å². The lowest BCUT2D eigenvalue weighted by molar-refractivity contribution is 0.0941. The van der Waals surface area contributed by atoms with Crippen LogP contribution in [0.5, 0.6) is 0 Å². The average Bonchev–Trinajstić information content (AvgIpc) is 3.46. The summed E-state index contributed by atoms with van der Waals surface area (Å²) in [6, 6.07) is 5.70. The minimum absolute atomic E-state index is 0.196. The number of carbonyl (C=O) groups excluding carboxylic acids is 1. The summed E-state index contributed by atoms with van der Waals surface area (Å²) in [6.07, 6.45) is 6.35. The number of carbonyl (C=O) groups is 1. The SMILES string of the molecule is CCOCCCNC(=O)c1nc(-c2cn(Cc3csc(C)n3)cn2)n2ccccc12. The number of aryl methyl sites for hydroxylation is 1. The first-order chi connectivity index (χ1) is 14.7. The summed E-state index contributed by atoms with van der Waals surface area (Å²) in [7, 11) is 0. The zero-order valence-electron chi connectivity index (χ0n) is 17.0. The van der Waals surface area contributed by atoms with Crippen LogP contribution in [0.15, 0.2) is 42.3 Å². The highest BCUT2D eigenvalue weighted by Crippen LogP contribution is 2.22. The number of hydrogen-bond acceptors (Lipinski definition) is 6. The third kappa shape index (κ3) is 4.42. The van der Waals surface area contributed by atoms with Gasteiger partial charge in [0.1, 0.15) is 5.69 Å². The largest absolute Gasteiger partial charge is 0.382 e. The molecule has 0 aliphatic rings. The van der Waals surface area contributed by atoms with Crippen LogP contribution in [-0.2, 0) is 11.3 Å². The average molecular weight is 425 g/mol. The number of amides is 1. The topological polar surface area (TPSA) is 86.3 Å². The molecule has 4 aromatic heterocycles. The fourth-order valence-corrected chi connectivity index (χ4v) is 3.82. The summed E-state index contributed by atoms with van der Waals surface area (Å²) in [5.74, 6) is 0.442. The number of hydrogen-bond donors (Lipinski definition) is 1. The van der Waals surface area contributed by atoms with Crippen molar-refractivity contribution >= 4 is 22.8 Å². The Morgan fingerprint density at radius 1 is 1.30 bits per heavy atom. The number of aromatic nitrogens is 5. The van der Waals surface area contributed by atoms with Gasteiger partial charge in [-0.3, -0.25) is 9.20 Å². The predicted molar refractivity (Wildman–Crippen MR) is 116 cm³/mol.